The minimum absolute atomic E-state index is 0.360. The number of hydrogen-bond donors (Lipinski definition) is 1. The maximum atomic E-state index is 13.3. The number of amides is 1. The summed E-state index contributed by atoms with van der Waals surface area (Å²) in [5.74, 6) is 0.833. The number of anilines is 1. The Morgan fingerprint density at radius 1 is 0.879 bits per heavy atom. The van der Waals surface area contributed by atoms with Crippen LogP contribution in [0.4, 0.5) is 5.69 Å². The number of nitrogens with one attached hydrogen (secondary N) is 1. The predicted octanol–water partition coefficient (Wildman–Crippen LogP) is 7.91. The Morgan fingerprint density at radius 3 is 2.21 bits per heavy atom. The van der Waals surface area contributed by atoms with E-state index in [9.17, 15) is 4.79 Å². The third-order valence-corrected chi connectivity index (χ3v) is 7.86. The van der Waals surface area contributed by atoms with Crippen molar-refractivity contribution in [2.75, 3.05) is 18.0 Å². The lowest BCUT2D eigenvalue weighted by atomic mass is 9.89. The zero-order valence-electron chi connectivity index (χ0n) is 21.7. The van der Waals surface area contributed by atoms with Crippen LogP contribution in [-0.4, -0.2) is 25.0 Å². The molecule has 1 N–H and O–H groups in total. The van der Waals surface area contributed by atoms with Gasteiger partial charge in [0.1, 0.15) is 0 Å². The molecule has 0 saturated carbocycles. The van der Waals surface area contributed by atoms with Gasteiger partial charge in [-0.3, -0.25) is 4.79 Å². The molecule has 0 spiro atoms. The van der Waals surface area contributed by atoms with E-state index >= 15 is 0 Å². The van der Waals surface area contributed by atoms with Gasteiger partial charge in [0, 0.05) is 30.6 Å². The minimum atomic E-state index is 0.360. The Labute approximate surface area is 204 Å². The van der Waals surface area contributed by atoms with Crippen molar-refractivity contribution in [3.05, 3.63) is 29.3 Å². The van der Waals surface area contributed by atoms with Crippen LogP contribution in [0.2, 0.25) is 0 Å². The summed E-state index contributed by atoms with van der Waals surface area (Å²) in [4.78, 5) is 15.5. The largest absolute Gasteiger partial charge is 0.316 e. The maximum Gasteiger partial charge on any atom is 0.227 e. The van der Waals surface area contributed by atoms with Gasteiger partial charge >= 0.3 is 0 Å². The fourth-order valence-electron chi connectivity index (χ4n) is 5.88. The highest BCUT2D eigenvalue weighted by atomic mass is 16.2. The van der Waals surface area contributed by atoms with E-state index in [2.05, 4.69) is 42.3 Å². The lowest BCUT2D eigenvalue weighted by molar-refractivity contribution is -0.119. The zero-order valence-corrected chi connectivity index (χ0v) is 21.7. The molecular formula is C30H50N2O. The zero-order chi connectivity index (χ0) is 23.3. The van der Waals surface area contributed by atoms with E-state index in [4.69, 9.17) is 0 Å². The van der Waals surface area contributed by atoms with E-state index in [1.807, 2.05) is 0 Å². The van der Waals surface area contributed by atoms with Crippen molar-refractivity contribution >= 4 is 11.6 Å². The lowest BCUT2D eigenvalue weighted by Gasteiger charge is -2.32. The highest BCUT2D eigenvalue weighted by Crippen LogP contribution is 2.44. The molecule has 2 aliphatic rings. The molecule has 1 aromatic carbocycles. The van der Waals surface area contributed by atoms with E-state index in [1.54, 1.807) is 0 Å². The van der Waals surface area contributed by atoms with E-state index in [1.165, 1.54) is 107 Å². The molecule has 0 bridgehead atoms. The van der Waals surface area contributed by atoms with Crippen LogP contribution >= 0.6 is 0 Å². The molecule has 2 heterocycles. The summed E-state index contributed by atoms with van der Waals surface area (Å²) < 4.78 is 0. The third-order valence-electron chi connectivity index (χ3n) is 7.86. The van der Waals surface area contributed by atoms with E-state index < -0.39 is 0 Å². The first-order valence-corrected chi connectivity index (χ1v) is 14.4. The Morgan fingerprint density at radius 2 is 1.52 bits per heavy atom. The quantitative estimate of drug-likeness (QED) is 0.257. The second-order valence-electron chi connectivity index (χ2n) is 10.6. The molecular weight excluding hydrogens is 404 g/mol. The van der Waals surface area contributed by atoms with Gasteiger partial charge < -0.3 is 10.2 Å². The van der Waals surface area contributed by atoms with Gasteiger partial charge in [-0.1, -0.05) is 103 Å². The highest BCUT2D eigenvalue weighted by Gasteiger charge is 2.42. The average Bonchev–Trinajstić information content (AvgIpc) is 3.16. The molecule has 33 heavy (non-hydrogen) atoms. The summed E-state index contributed by atoms with van der Waals surface area (Å²) in [7, 11) is 0. The van der Waals surface area contributed by atoms with Gasteiger partial charge in [0.2, 0.25) is 5.91 Å². The first kappa shape index (κ1) is 26.3. The van der Waals surface area contributed by atoms with Gasteiger partial charge in [0.25, 0.3) is 0 Å². The molecule has 0 radical (unpaired) electrons. The Bertz CT molecular complexity index is 701. The van der Waals surface area contributed by atoms with Gasteiger partial charge in [0.05, 0.1) is 0 Å². The number of carbonyl (C=O) groups is 1. The molecule has 0 unspecified atom stereocenters. The maximum absolute atomic E-state index is 13.3. The summed E-state index contributed by atoms with van der Waals surface area (Å²) in [5.41, 5.74) is 4.11. The molecule has 0 aliphatic carbocycles. The number of hydrogen-bond acceptors (Lipinski definition) is 2. The number of nitrogens with zero attached hydrogens (tertiary/aromatic N) is 1. The van der Waals surface area contributed by atoms with Crippen LogP contribution in [-0.2, 0) is 11.2 Å². The number of unbranched alkanes of at least 4 members (excludes halogenated alkanes) is 12. The molecule has 1 aromatic rings. The number of aryl methyl sites for hydroxylation is 1. The first-order valence-electron chi connectivity index (χ1n) is 14.4. The van der Waals surface area contributed by atoms with Crippen LogP contribution in [0.5, 0.6) is 0 Å². The van der Waals surface area contributed by atoms with Crippen LogP contribution in [0.15, 0.2) is 18.2 Å². The molecule has 0 aromatic heterocycles. The fraction of sp³-hybridized carbons (Fsp3) is 0.767. The number of fused-ring (bicyclic) bond motifs is 3. The van der Waals surface area contributed by atoms with E-state index in [0.717, 1.165) is 25.9 Å². The van der Waals surface area contributed by atoms with Crippen molar-refractivity contribution in [1.29, 1.82) is 0 Å². The molecule has 3 nitrogen and oxygen atoms in total. The smallest absolute Gasteiger partial charge is 0.227 e. The number of benzene rings is 1. The normalized spacial score (nSPS) is 19.5. The topological polar surface area (TPSA) is 32.3 Å². The number of carbonyl (C=O) groups excluding carboxylic acids is 1. The van der Waals surface area contributed by atoms with Crippen LogP contribution < -0.4 is 10.2 Å². The molecule has 3 heteroatoms. The summed E-state index contributed by atoms with van der Waals surface area (Å²) in [6.07, 6.45) is 21.3. The van der Waals surface area contributed by atoms with E-state index in [-0.39, 0.29) is 0 Å². The Hall–Kier alpha value is -1.35. The van der Waals surface area contributed by atoms with Crippen molar-refractivity contribution in [2.24, 2.45) is 0 Å². The average molecular weight is 455 g/mol. The van der Waals surface area contributed by atoms with Crippen molar-refractivity contribution in [3.8, 4) is 0 Å². The van der Waals surface area contributed by atoms with Crippen LogP contribution in [0.3, 0.4) is 0 Å². The molecule has 2 aliphatic heterocycles. The van der Waals surface area contributed by atoms with E-state index in [0.29, 0.717) is 24.3 Å². The lowest BCUT2D eigenvalue weighted by Crippen LogP contribution is -2.46. The van der Waals surface area contributed by atoms with Gasteiger partial charge in [-0.2, -0.15) is 0 Å². The first-order chi connectivity index (χ1) is 16.3. The molecule has 1 saturated heterocycles. The Kier molecular flexibility index (Phi) is 11.8. The number of piperidine rings is 1. The SMILES string of the molecule is CCCCCCCCCC(=O)N1c2ccc(CCCCCCCCC)cc2[C@H]2CNCC[C@H]21. The minimum Gasteiger partial charge on any atom is -0.316 e. The molecule has 186 valence electrons. The fourth-order valence-corrected chi connectivity index (χ4v) is 5.88. The van der Waals surface area contributed by atoms with Crippen LogP contribution in [0.1, 0.15) is 134 Å². The molecule has 3 rings (SSSR count). The Balaban J connectivity index is 1.52. The van der Waals surface area contributed by atoms with Gasteiger partial charge in [-0.25, -0.2) is 0 Å². The molecule has 1 fully saturated rings. The standard InChI is InChI=1S/C30H50N2O/c1-3-5-7-9-11-13-15-17-25-19-20-28-26(23-25)27-24-31-22-21-29(27)32(28)30(33)18-16-14-12-10-8-6-4-2/h19-20,23,27,29,31H,3-18,21-22,24H2,1-2H3/t27-,29-/m1/s1. The monoisotopic (exact) mass is 454 g/mol. The molecule has 1 amide bonds. The van der Waals surface area contributed by atoms with Crippen molar-refractivity contribution < 1.29 is 4.79 Å². The number of rotatable bonds is 16. The van der Waals surface area contributed by atoms with Crippen molar-refractivity contribution in [2.45, 2.75) is 135 Å². The summed E-state index contributed by atoms with van der Waals surface area (Å²) in [6.45, 7) is 6.59. The summed E-state index contributed by atoms with van der Waals surface area (Å²) in [6, 6.07) is 7.38. The van der Waals surface area contributed by atoms with Crippen molar-refractivity contribution in [3.63, 3.8) is 0 Å². The van der Waals surface area contributed by atoms with Crippen LogP contribution in [0.25, 0.3) is 0 Å². The summed E-state index contributed by atoms with van der Waals surface area (Å²) >= 11 is 0. The second kappa shape index (κ2) is 14.8. The second-order valence-corrected chi connectivity index (χ2v) is 10.6. The summed E-state index contributed by atoms with van der Waals surface area (Å²) in [5, 5.41) is 3.59. The van der Waals surface area contributed by atoms with Gasteiger partial charge in [-0.15, -0.1) is 0 Å². The highest BCUT2D eigenvalue weighted by molar-refractivity contribution is 5.97. The van der Waals surface area contributed by atoms with Crippen LogP contribution in [0, 0.1) is 0 Å². The third kappa shape index (κ3) is 7.84. The van der Waals surface area contributed by atoms with Crippen molar-refractivity contribution in [1.82, 2.24) is 5.32 Å². The van der Waals surface area contributed by atoms with Gasteiger partial charge in [-0.05, 0) is 49.4 Å². The molecule has 2 atom stereocenters. The predicted molar refractivity (Wildman–Crippen MR) is 142 cm³/mol. The van der Waals surface area contributed by atoms with Gasteiger partial charge in [0.15, 0.2) is 0 Å².